The number of fused-ring (bicyclic) bond motifs is 5. The van der Waals surface area contributed by atoms with E-state index >= 15 is 0 Å². The number of hydrogen-bond acceptors (Lipinski definition) is 5. The van der Waals surface area contributed by atoms with Gasteiger partial charge in [-0.05, 0) is 94.1 Å². The first kappa shape index (κ1) is 25.5. The number of ketones is 1. The summed E-state index contributed by atoms with van der Waals surface area (Å²) in [4.78, 5) is 13.2. The van der Waals surface area contributed by atoms with E-state index in [0.29, 0.717) is 55.0 Å². The molecular weight excluding hydrogens is 432 g/mol. The van der Waals surface area contributed by atoms with Crippen molar-refractivity contribution in [2.24, 2.45) is 40.4 Å². The van der Waals surface area contributed by atoms with E-state index in [2.05, 4.69) is 26.0 Å². The van der Waals surface area contributed by atoms with Gasteiger partial charge in [0.25, 0.3) is 0 Å². The van der Waals surface area contributed by atoms with Crippen molar-refractivity contribution in [3.63, 3.8) is 0 Å². The second kappa shape index (κ2) is 9.84. The fraction of sp³-hybridized carbons (Fsp3) is 0.893. The molecule has 186 valence electrons. The van der Waals surface area contributed by atoms with Crippen LogP contribution in [0, 0.1) is 52.8 Å². The lowest BCUT2D eigenvalue weighted by molar-refractivity contribution is -0.202. The molecule has 0 heterocycles. The van der Waals surface area contributed by atoms with Crippen molar-refractivity contribution >= 4 is 17.5 Å². The van der Waals surface area contributed by atoms with Crippen molar-refractivity contribution in [3.05, 3.63) is 0 Å². The lowest BCUT2D eigenvalue weighted by Gasteiger charge is -2.61. The third-order valence-electron chi connectivity index (χ3n) is 10.4. The zero-order valence-electron chi connectivity index (χ0n) is 21.4. The minimum atomic E-state index is -0.427. The Morgan fingerprint density at radius 3 is 2.42 bits per heavy atom. The number of terminal acetylenes is 1. The first-order valence-corrected chi connectivity index (χ1v) is 14.6. The monoisotopic (exact) mass is 476 g/mol. The Labute approximate surface area is 205 Å². The average molecular weight is 477 g/mol. The summed E-state index contributed by atoms with van der Waals surface area (Å²) in [7, 11) is 0. The summed E-state index contributed by atoms with van der Waals surface area (Å²) < 4.78 is 18.3. The lowest BCUT2D eigenvalue weighted by atomic mass is 9.43. The normalized spacial score (nSPS) is 44.8. The molecule has 4 nitrogen and oxygen atoms in total. The number of rotatable bonds is 8. The number of carbonyl (C=O) groups is 1. The van der Waals surface area contributed by atoms with E-state index < -0.39 is 11.9 Å². The maximum absolute atomic E-state index is 13.2. The molecule has 0 N–H and O–H groups in total. The van der Waals surface area contributed by atoms with Gasteiger partial charge in [-0.1, -0.05) is 19.8 Å². The van der Waals surface area contributed by atoms with Gasteiger partial charge in [-0.25, -0.2) is 0 Å². The second-order valence-electron chi connectivity index (χ2n) is 11.4. The van der Waals surface area contributed by atoms with Crippen molar-refractivity contribution in [3.8, 4) is 12.3 Å². The molecule has 0 bridgehead atoms. The standard InChI is InChI=1S/C28H44O4S/c1-7-28(32-18-33-6)15-13-23-20-11-10-19-16-24(29)21(25(30-8-2)31-9-3)17-26(19,4)22(20)12-14-27(23,28)5/h1,19-23,25H,8-18H2,2-6H3/t19-,20+,21+,22-,23-,26-,27-,28-/m0/s1. The van der Waals surface area contributed by atoms with Crippen LogP contribution in [-0.2, 0) is 19.0 Å². The summed E-state index contributed by atoms with van der Waals surface area (Å²) in [6.07, 6.45) is 16.3. The van der Waals surface area contributed by atoms with Crippen LogP contribution in [0.3, 0.4) is 0 Å². The first-order valence-electron chi connectivity index (χ1n) is 13.2. The van der Waals surface area contributed by atoms with Crippen LogP contribution in [0.25, 0.3) is 0 Å². The van der Waals surface area contributed by atoms with E-state index in [1.165, 1.54) is 19.3 Å². The summed E-state index contributed by atoms with van der Waals surface area (Å²) in [5.74, 6) is 6.44. The fourth-order valence-electron chi connectivity index (χ4n) is 8.70. The van der Waals surface area contributed by atoms with E-state index in [9.17, 15) is 4.79 Å². The van der Waals surface area contributed by atoms with Gasteiger partial charge in [0.15, 0.2) is 6.29 Å². The van der Waals surface area contributed by atoms with Crippen LogP contribution in [0.5, 0.6) is 0 Å². The van der Waals surface area contributed by atoms with Crippen molar-refractivity contribution in [2.75, 3.05) is 25.4 Å². The Bertz CT molecular complexity index is 757. The maximum Gasteiger partial charge on any atom is 0.167 e. The molecule has 0 aliphatic heterocycles. The average Bonchev–Trinajstić information content (AvgIpc) is 3.10. The van der Waals surface area contributed by atoms with Crippen molar-refractivity contribution in [1.29, 1.82) is 0 Å². The maximum atomic E-state index is 13.2. The molecule has 4 aliphatic carbocycles. The number of carbonyl (C=O) groups excluding carboxylic acids is 1. The topological polar surface area (TPSA) is 44.8 Å². The molecule has 33 heavy (non-hydrogen) atoms. The van der Waals surface area contributed by atoms with E-state index in [1.54, 1.807) is 11.8 Å². The molecule has 0 aromatic carbocycles. The molecule has 0 radical (unpaired) electrons. The number of hydrogen-bond donors (Lipinski definition) is 0. The van der Waals surface area contributed by atoms with E-state index in [0.717, 1.165) is 25.7 Å². The van der Waals surface area contributed by atoms with Crippen molar-refractivity contribution < 1.29 is 19.0 Å². The highest BCUT2D eigenvalue weighted by atomic mass is 32.2. The fourth-order valence-corrected chi connectivity index (χ4v) is 9.02. The zero-order valence-corrected chi connectivity index (χ0v) is 22.2. The quantitative estimate of drug-likeness (QED) is 0.321. The molecule has 4 rings (SSSR count). The minimum Gasteiger partial charge on any atom is -0.352 e. The van der Waals surface area contributed by atoms with Gasteiger partial charge in [0, 0.05) is 25.0 Å². The molecule has 0 saturated heterocycles. The lowest BCUT2D eigenvalue weighted by Crippen LogP contribution is -2.58. The van der Waals surface area contributed by atoms with Gasteiger partial charge < -0.3 is 14.2 Å². The molecule has 0 spiro atoms. The minimum absolute atomic E-state index is 0.0465. The largest absolute Gasteiger partial charge is 0.352 e. The van der Waals surface area contributed by atoms with Gasteiger partial charge in [-0.3, -0.25) is 4.79 Å². The molecule has 0 unspecified atom stereocenters. The molecule has 0 amide bonds. The molecule has 4 saturated carbocycles. The van der Waals surface area contributed by atoms with E-state index in [1.807, 2.05) is 13.8 Å². The van der Waals surface area contributed by atoms with Crippen LogP contribution < -0.4 is 0 Å². The molecule has 5 heteroatoms. The third kappa shape index (κ3) is 4.02. The molecule has 0 aromatic heterocycles. The summed E-state index contributed by atoms with van der Waals surface area (Å²) in [5.41, 5.74) is -0.217. The number of thioether (sulfide) groups is 1. The Morgan fingerprint density at radius 1 is 1.09 bits per heavy atom. The first-order chi connectivity index (χ1) is 15.8. The second-order valence-corrected chi connectivity index (χ2v) is 12.2. The van der Waals surface area contributed by atoms with Crippen LogP contribution >= 0.6 is 11.8 Å². The highest BCUT2D eigenvalue weighted by Gasteiger charge is 2.66. The highest BCUT2D eigenvalue weighted by molar-refractivity contribution is 7.98. The van der Waals surface area contributed by atoms with Crippen molar-refractivity contribution in [2.45, 2.75) is 91.0 Å². The van der Waals surface area contributed by atoms with Gasteiger partial charge >= 0.3 is 0 Å². The van der Waals surface area contributed by atoms with Gasteiger partial charge in [0.05, 0.1) is 11.9 Å². The molecule has 8 atom stereocenters. The van der Waals surface area contributed by atoms with Crippen LogP contribution in [0.4, 0.5) is 0 Å². The Balaban J connectivity index is 1.60. The smallest absolute Gasteiger partial charge is 0.167 e. The number of ether oxygens (including phenoxy) is 3. The molecule has 0 aromatic rings. The number of Topliss-reactive ketones (excluding diaryl/α,β-unsaturated/α-hetero) is 1. The van der Waals surface area contributed by atoms with Crippen LogP contribution in [0.15, 0.2) is 0 Å². The van der Waals surface area contributed by atoms with E-state index in [-0.39, 0.29) is 16.7 Å². The van der Waals surface area contributed by atoms with Gasteiger partial charge in [0.2, 0.25) is 0 Å². The SMILES string of the molecule is C#C[C@]1(OCSC)CC[C@H]2[C@@H]3CC[C@H]4CC(=O)[C@H](C(OCC)OCC)C[C@]4(C)[C@H]3CC[C@@]21C. The highest BCUT2D eigenvalue weighted by Crippen LogP contribution is 2.69. The zero-order chi connectivity index (χ0) is 23.9. The molecule has 4 aliphatic rings. The van der Waals surface area contributed by atoms with Gasteiger partial charge in [0.1, 0.15) is 11.4 Å². The Kier molecular flexibility index (Phi) is 7.62. The third-order valence-corrected chi connectivity index (χ3v) is 10.7. The summed E-state index contributed by atoms with van der Waals surface area (Å²) in [6, 6.07) is 0. The summed E-state index contributed by atoms with van der Waals surface area (Å²) in [6.45, 7) is 10.0. The summed E-state index contributed by atoms with van der Waals surface area (Å²) in [5, 5.41) is 0. The Morgan fingerprint density at radius 2 is 1.79 bits per heavy atom. The van der Waals surface area contributed by atoms with Gasteiger partial charge in [-0.15, -0.1) is 18.2 Å². The van der Waals surface area contributed by atoms with Crippen LogP contribution in [0.1, 0.15) is 79.1 Å². The van der Waals surface area contributed by atoms with Crippen LogP contribution in [-0.4, -0.2) is 43.1 Å². The predicted molar refractivity (Wildman–Crippen MR) is 134 cm³/mol. The molecule has 4 fully saturated rings. The van der Waals surface area contributed by atoms with Gasteiger partial charge in [-0.2, -0.15) is 0 Å². The Hall–Kier alpha value is -0.540. The predicted octanol–water partition coefficient (Wildman–Crippen LogP) is 5.93. The molecular formula is C28H44O4S. The van der Waals surface area contributed by atoms with E-state index in [4.69, 9.17) is 20.6 Å². The van der Waals surface area contributed by atoms with Crippen LogP contribution in [0.2, 0.25) is 0 Å². The van der Waals surface area contributed by atoms with Crippen molar-refractivity contribution in [1.82, 2.24) is 0 Å². The summed E-state index contributed by atoms with van der Waals surface area (Å²) >= 11 is 1.72.